The maximum Gasteiger partial charge on any atom is 0.0691 e. The van der Waals surface area contributed by atoms with Crippen LogP contribution in [-0.2, 0) is 11.9 Å². The molecule has 1 aromatic heterocycles. The average molecular weight is 336 g/mol. The Balaban J connectivity index is 2.81. The van der Waals surface area contributed by atoms with Crippen LogP contribution in [0.1, 0.15) is 11.1 Å². The largest absolute Gasteiger partial charge is 0.392 e. The van der Waals surface area contributed by atoms with Crippen LogP contribution in [0, 0.1) is 0 Å². The molecule has 0 atom stereocenters. The van der Waals surface area contributed by atoms with E-state index in [4.69, 9.17) is 0 Å². The number of thiophene rings is 1. The van der Waals surface area contributed by atoms with Crippen molar-refractivity contribution in [3.63, 3.8) is 0 Å². The minimum atomic E-state index is 0.0909. The molecule has 1 heterocycles. The first kappa shape index (κ1) is 10.6. The highest BCUT2D eigenvalue weighted by molar-refractivity contribution is 9.10. The number of alkyl halides is 1. The van der Waals surface area contributed by atoms with Crippen molar-refractivity contribution in [3.05, 3.63) is 33.1 Å². The predicted molar refractivity (Wildman–Crippen MR) is 68.1 cm³/mol. The van der Waals surface area contributed by atoms with Gasteiger partial charge >= 0.3 is 0 Å². The van der Waals surface area contributed by atoms with Crippen LogP contribution < -0.4 is 0 Å². The van der Waals surface area contributed by atoms with Crippen LogP contribution in [0.5, 0.6) is 0 Å². The molecule has 0 saturated heterocycles. The Morgan fingerprint density at radius 2 is 2.14 bits per heavy atom. The molecule has 14 heavy (non-hydrogen) atoms. The summed E-state index contributed by atoms with van der Waals surface area (Å²) in [6.45, 7) is 0.0909. The quantitative estimate of drug-likeness (QED) is 0.821. The van der Waals surface area contributed by atoms with Gasteiger partial charge in [0, 0.05) is 25.3 Å². The van der Waals surface area contributed by atoms with E-state index in [2.05, 4.69) is 49.4 Å². The highest BCUT2D eigenvalue weighted by Crippen LogP contribution is 2.35. The van der Waals surface area contributed by atoms with Gasteiger partial charge in [-0.15, -0.1) is 11.3 Å². The van der Waals surface area contributed by atoms with Crippen molar-refractivity contribution >= 4 is 53.3 Å². The monoisotopic (exact) mass is 334 g/mol. The molecule has 0 bridgehead atoms. The molecule has 0 aliphatic rings. The second-order valence-corrected chi connectivity index (χ2v) is 5.28. The van der Waals surface area contributed by atoms with Gasteiger partial charge in [0.05, 0.1) is 6.61 Å². The van der Waals surface area contributed by atoms with Gasteiger partial charge in [-0.25, -0.2) is 0 Å². The van der Waals surface area contributed by atoms with E-state index < -0.39 is 0 Å². The smallest absolute Gasteiger partial charge is 0.0691 e. The number of fused-ring (bicyclic) bond motifs is 1. The van der Waals surface area contributed by atoms with Gasteiger partial charge in [0.1, 0.15) is 0 Å². The van der Waals surface area contributed by atoms with Crippen molar-refractivity contribution in [2.45, 2.75) is 11.9 Å². The molecule has 74 valence electrons. The molecule has 1 nitrogen and oxygen atoms in total. The van der Waals surface area contributed by atoms with Gasteiger partial charge in [-0.05, 0) is 33.1 Å². The lowest BCUT2D eigenvalue weighted by atomic mass is 10.1. The topological polar surface area (TPSA) is 20.2 Å². The Morgan fingerprint density at radius 1 is 1.36 bits per heavy atom. The first-order valence-electron chi connectivity index (χ1n) is 4.12. The summed E-state index contributed by atoms with van der Waals surface area (Å²) in [4.78, 5) is 0. The zero-order valence-corrected chi connectivity index (χ0v) is 11.2. The van der Waals surface area contributed by atoms with Crippen molar-refractivity contribution in [1.82, 2.24) is 0 Å². The Bertz CT molecular complexity index is 464. The van der Waals surface area contributed by atoms with E-state index in [1.165, 1.54) is 4.70 Å². The molecule has 0 amide bonds. The van der Waals surface area contributed by atoms with Crippen LogP contribution in [-0.4, -0.2) is 5.11 Å². The van der Waals surface area contributed by atoms with Crippen molar-refractivity contribution < 1.29 is 5.11 Å². The Kier molecular flexibility index (Phi) is 3.27. The van der Waals surface area contributed by atoms with Crippen molar-refractivity contribution in [1.29, 1.82) is 0 Å². The van der Waals surface area contributed by atoms with Crippen molar-refractivity contribution in [2.75, 3.05) is 0 Å². The number of hydrogen-bond donors (Lipinski definition) is 1. The third-order valence-corrected chi connectivity index (χ3v) is 4.68. The van der Waals surface area contributed by atoms with E-state index in [0.29, 0.717) is 0 Å². The third kappa shape index (κ3) is 1.65. The highest BCUT2D eigenvalue weighted by atomic mass is 79.9. The van der Waals surface area contributed by atoms with Gasteiger partial charge in [0.15, 0.2) is 0 Å². The standard InChI is InChI=1S/C10H8Br2OS/c11-3-6-1-2-9-10(7(6)4-13)8(12)5-14-9/h1-2,5,13H,3-4H2. The van der Waals surface area contributed by atoms with Crippen molar-refractivity contribution in [3.8, 4) is 0 Å². The summed E-state index contributed by atoms with van der Waals surface area (Å²) >= 11 is 8.62. The second kappa shape index (κ2) is 4.31. The summed E-state index contributed by atoms with van der Waals surface area (Å²) in [7, 11) is 0. The zero-order chi connectivity index (χ0) is 10.1. The highest BCUT2D eigenvalue weighted by Gasteiger charge is 2.10. The van der Waals surface area contributed by atoms with Crippen molar-refractivity contribution in [2.24, 2.45) is 0 Å². The molecular formula is C10H8Br2OS. The minimum absolute atomic E-state index is 0.0909. The first-order valence-corrected chi connectivity index (χ1v) is 6.91. The molecule has 4 heteroatoms. The summed E-state index contributed by atoms with van der Waals surface area (Å²) in [5.74, 6) is 0. The SMILES string of the molecule is OCc1c(CBr)ccc2scc(Br)c12. The molecule has 0 fully saturated rings. The summed E-state index contributed by atoms with van der Waals surface area (Å²) in [5, 5.41) is 13.3. The van der Waals surface area contributed by atoms with Gasteiger partial charge in [-0.3, -0.25) is 0 Å². The van der Waals surface area contributed by atoms with E-state index in [-0.39, 0.29) is 6.61 Å². The van der Waals surface area contributed by atoms with E-state index in [0.717, 1.165) is 26.3 Å². The molecule has 0 radical (unpaired) electrons. The molecule has 2 rings (SSSR count). The molecule has 0 spiro atoms. The second-order valence-electron chi connectivity index (χ2n) is 2.95. The molecule has 0 saturated carbocycles. The molecule has 1 aromatic carbocycles. The third-order valence-electron chi connectivity index (χ3n) is 2.20. The predicted octanol–water partition coefficient (Wildman–Crippen LogP) is 4.05. The minimum Gasteiger partial charge on any atom is -0.392 e. The number of hydrogen-bond acceptors (Lipinski definition) is 2. The van der Waals surface area contributed by atoms with Crippen LogP contribution in [0.3, 0.4) is 0 Å². The maximum absolute atomic E-state index is 9.35. The number of aliphatic hydroxyl groups is 1. The van der Waals surface area contributed by atoms with Crippen LogP contribution >= 0.6 is 43.2 Å². The Labute approximate surface area is 103 Å². The summed E-state index contributed by atoms with van der Waals surface area (Å²) < 4.78 is 2.29. The number of halogens is 2. The fourth-order valence-electron chi connectivity index (χ4n) is 1.51. The first-order chi connectivity index (χ1) is 6.77. The van der Waals surface area contributed by atoms with Gasteiger partial charge in [-0.2, -0.15) is 0 Å². The fourth-order valence-corrected chi connectivity index (χ4v) is 3.75. The van der Waals surface area contributed by atoms with E-state index >= 15 is 0 Å². The summed E-state index contributed by atoms with van der Waals surface area (Å²) in [6.07, 6.45) is 0. The maximum atomic E-state index is 9.35. The molecule has 0 aliphatic heterocycles. The fraction of sp³-hybridized carbons (Fsp3) is 0.200. The van der Waals surface area contributed by atoms with E-state index in [1.807, 2.05) is 0 Å². The average Bonchev–Trinajstić information content (AvgIpc) is 2.59. The lowest BCUT2D eigenvalue weighted by molar-refractivity contribution is 0.282. The van der Waals surface area contributed by atoms with Crippen LogP contribution in [0.25, 0.3) is 10.1 Å². The van der Waals surface area contributed by atoms with Crippen LogP contribution in [0.15, 0.2) is 22.0 Å². The lowest BCUT2D eigenvalue weighted by Crippen LogP contribution is -1.91. The summed E-state index contributed by atoms with van der Waals surface area (Å²) in [5.41, 5.74) is 2.17. The van der Waals surface area contributed by atoms with Crippen LogP contribution in [0.2, 0.25) is 0 Å². The Morgan fingerprint density at radius 3 is 2.79 bits per heavy atom. The normalized spacial score (nSPS) is 11.1. The Hall–Kier alpha value is 0.1000. The van der Waals surface area contributed by atoms with Gasteiger partial charge < -0.3 is 5.11 Å². The molecule has 1 N–H and O–H groups in total. The zero-order valence-electron chi connectivity index (χ0n) is 7.26. The molecular weight excluding hydrogens is 328 g/mol. The van der Waals surface area contributed by atoms with Gasteiger partial charge in [0.25, 0.3) is 0 Å². The van der Waals surface area contributed by atoms with Crippen LogP contribution in [0.4, 0.5) is 0 Å². The van der Waals surface area contributed by atoms with Gasteiger partial charge in [-0.1, -0.05) is 22.0 Å². The molecule has 2 aromatic rings. The molecule has 0 unspecified atom stereocenters. The number of benzene rings is 1. The summed E-state index contributed by atoms with van der Waals surface area (Å²) in [6, 6.07) is 4.16. The van der Waals surface area contributed by atoms with Gasteiger partial charge in [0.2, 0.25) is 0 Å². The number of aliphatic hydroxyl groups excluding tert-OH is 1. The molecule has 0 aliphatic carbocycles. The number of rotatable bonds is 2. The lowest BCUT2D eigenvalue weighted by Gasteiger charge is -2.06. The van der Waals surface area contributed by atoms with E-state index in [1.54, 1.807) is 11.3 Å². The van der Waals surface area contributed by atoms with E-state index in [9.17, 15) is 5.11 Å².